The standard InChI is InChI=1S/C14H16O/c1-4-11-5-7-14(3)8-6-13(15)10(2)12(14)9-11/h1,6,8,11-12H,2,5,7,9H2,3H3/t11-,12-,14+/m1/s1. The molecule has 0 amide bonds. The maximum Gasteiger partial charge on any atom is 0.181 e. The quantitative estimate of drug-likeness (QED) is 0.434. The predicted molar refractivity (Wildman–Crippen MR) is 61.1 cm³/mol. The zero-order chi connectivity index (χ0) is 11.1. The number of hydrogen-bond donors (Lipinski definition) is 0. The van der Waals surface area contributed by atoms with E-state index in [1.54, 1.807) is 6.08 Å². The van der Waals surface area contributed by atoms with Gasteiger partial charge in [-0.2, -0.15) is 0 Å². The third-order valence-electron chi connectivity index (χ3n) is 3.94. The molecule has 78 valence electrons. The van der Waals surface area contributed by atoms with Crippen LogP contribution in [-0.4, -0.2) is 5.78 Å². The third-order valence-corrected chi connectivity index (χ3v) is 3.94. The van der Waals surface area contributed by atoms with Gasteiger partial charge in [-0.05, 0) is 42.2 Å². The van der Waals surface area contributed by atoms with Crippen molar-refractivity contribution in [2.24, 2.45) is 17.3 Å². The third kappa shape index (κ3) is 1.55. The topological polar surface area (TPSA) is 17.1 Å². The Morgan fingerprint density at radius 3 is 3.07 bits per heavy atom. The van der Waals surface area contributed by atoms with Crippen LogP contribution in [0.3, 0.4) is 0 Å². The molecule has 2 aliphatic rings. The lowest BCUT2D eigenvalue weighted by Gasteiger charge is -2.44. The summed E-state index contributed by atoms with van der Waals surface area (Å²) < 4.78 is 0. The number of carbonyl (C=O) groups excluding carboxylic acids is 1. The molecule has 1 heteroatoms. The Labute approximate surface area is 91.3 Å². The molecule has 0 aromatic rings. The van der Waals surface area contributed by atoms with Crippen LogP contribution in [0.15, 0.2) is 24.3 Å². The van der Waals surface area contributed by atoms with Gasteiger partial charge < -0.3 is 0 Å². The van der Waals surface area contributed by atoms with Crippen LogP contribution in [0.2, 0.25) is 0 Å². The Morgan fingerprint density at radius 1 is 1.67 bits per heavy atom. The van der Waals surface area contributed by atoms with Crippen LogP contribution >= 0.6 is 0 Å². The summed E-state index contributed by atoms with van der Waals surface area (Å²) in [6, 6.07) is 0. The smallest absolute Gasteiger partial charge is 0.181 e. The van der Waals surface area contributed by atoms with Crippen LogP contribution in [0.25, 0.3) is 0 Å². The summed E-state index contributed by atoms with van der Waals surface area (Å²) >= 11 is 0. The molecule has 0 saturated heterocycles. The highest BCUT2D eigenvalue weighted by atomic mass is 16.1. The van der Waals surface area contributed by atoms with Crippen molar-refractivity contribution in [1.29, 1.82) is 0 Å². The summed E-state index contributed by atoms with van der Waals surface area (Å²) in [7, 11) is 0. The molecular weight excluding hydrogens is 184 g/mol. The molecule has 0 aromatic carbocycles. The second-order valence-corrected chi connectivity index (χ2v) is 4.92. The number of rotatable bonds is 0. The van der Waals surface area contributed by atoms with E-state index in [0.717, 1.165) is 24.8 Å². The molecule has 0 aromatic heterocycles. The van der Waals surface area contributed by atoms with Crippen LogP contribution in [0, 0.1) is 29.6 Å². The maximum atomic E-state index is 11.5. The van der Waals surface area contributed by atoms with Gasteiger partial charge in [-0.15, -0.1) is 12.3 Å². The number of carbonyl (C=O) groups is 1. The van der Waals surface area contributed by atoms with Gasteiger partial charge in [0.05, 0.1) is 0 Å². The van der Waals surface area contributed by atoms with E-state index in [0.29, 0.717) is 5.92 Å². The van der Waals surface area contributed by atoms with E-state index in [1.165, 1.54) is 0 Å². The molecular formula is C14H16O. The lowest BCUT2D eigenvalue weighted by Crippen LogP contribution is -2.37. The number of allylic oxidation sites excluding steroid dienone is 3. The summed E-state index contributed by atoms with van der Waals surface area (Å²) in [4.78, 5) is 11.5. The summed E-state index contributed by atoms with van der Waals surface area (Å²) in [5.41, 5.74) is 0.859. The van der Waals surface area contributed by atoms with Crippen LogP contribution in [-0.2, 0) is 4.79 Å². The van der Waals surface area contributed by atoms with Gasteiger partial charge in [0.2, 0.25) is 0 Å². The lowest BCUT2D eigenvalue weighted by atomic mass is 9.59. The first-order valence-electron chi connectivity index (χ1n) is 5.45. The first-order valence-corrected chi connectivity index (χ1v) is 5.45. The Bertz CT molecular complexity index is 383. The van der Waals surface area contributed by atoms with Crippen LogP contribution in [0.5, 0.6) is 0 Å². The van der Waals surface area contributed by atoms with E-state index in [-0.39, 0.29) is 17.1 Å². The Hall–Kier alpha value is -1.29. The number of fused-ring (bicyclic) bond motifs is 1. The molecule has 0 aliphatic heterocycles. The van der Waals surface area contributed by atoms with E-state index >= 15 is 0 Å². The van der Waals surface area contributed by atoms with Crippen LogP contribution in [0.4, 0.5) is 0 Å². The van der Waals surface area contributed by atoms with Crippen molar-refractivity contribution in [3.8, 4) is 12.3 Å². The largest absolute Gasteiger partial charge is 0.290 e. The monoisotopic (exact) mass is 200 g/mol. The van der Waals surface area contributed by atoms with Gasteiger partial charge in [0, 0.05) is 5.92 Å². The first kappa shape index (κ1) is 10.2. The molecule has 0 unspecified atom stereocenters. The fraction of sp³-hybridized carbons (Fsp3) is 0.500. The van der Waals surface area contributed by atoms with Gasteiger partial charge in [0.1, 0.15) is 0 Å². The zero-order valence-corrected chi connectivity index (χ0v) is 9.12. The van der Waals surface area contributed by atoms with Crippen molar-refractivity contribution < 1.29 is 4.79 Å². The molecule has 1 fully saturated rings. The zero-order valence-electron chi connectivity index (χ0n) is 9.12. The maximum absolute atomic E-state index is 11.5. The Kier molecular flexibility index (Phi) is 2.31. The molecule has 0 bridgehead atoms. The molecule has 0 spiro atoms. The summed E-state index contributed by atoms with van der Waals surface area (Å²) in [6.45, 7) is 6.13. The van der Waals surface area contributed by atoms with Gasteiger partial charge >= 0.3 is 0 Å². The van der Waals surface area contributed by atoms with Gasteiger partial charge in [0.25, 0.3) is 0 Å². The Morgan fingerprint density at radius 2 is 2.40 bits per heavy atom. The van der Waals surface area contributed by atoms with Gasteiger partial charge in [-0.3, -0.25) is 4.79 Å². The fourth-order valence-electron chi connectivity index (χ4n) is 2.77. The van der Waals surface area contributed by atoms with Crippen molar-refractivity contribution in [2.45, 2.75) is 26.2 Å². The second kappa shape index (κ2) is 3.38. The average Bonchev–Trinajstić information content (AvgIpc) is 2.24. The second-order valence-electron chi connectivity index (χ2n) is 4.92. The lowest BCUT2D eigenvalue weighted by molar-refractivity contribution is -0.113. The van der Waals surface area contributed by atoms with Gasteiger partial charge in [-0.25, -0.2) is 0 Å². The average molecular weight is 200 g/mol. The van der Waals surface area contributed by atoms with Crippen LogP contribution < -0.4 is 0 Å². The highest BCUT2D eigenvalue weighted by Gasteiger charge is 2.42. The molecule has 15 heavy (non-hydrogen) atoms. The van der Waals surface area contributed by atoms with Gasteiger partial charge in [-0.1, -0.05) is 19.6 Å². The van der Waals surface area contributed by atoms with E-state index in [9.17, 15) is 4.79 Å². The number of ketones is 1. The van der Waals surface area contributed by atoms with E-state index in [4.69, 9.17) is 6.42 Å². The van der Waals surface area contributed by atoms with Crippen molar-refractivity contribution in [1.82, 2.24) is 0 Å². The molecule has 2 rings (SSSR count). The molecule has 2 aliphatic carbocycles. The molecule has 0 radical (unpaired) electrons. The molecule has 0 N–H and O–H groups in total. The Balaban J connectivity index is 2.32. The van der Waals surface area contributed by atoms with Gasteiger partial charge in [0.15, 0.2) is 5.78 Å². The van der Waals surface area contributed by atoms with E-state index in [1.807, 2.05) is 0 Å². The van der Waals surface area contributed by atoms with Crippen molar-refractivity contribution in [2.75, 3.05) is 0 Å². The van der Waals surface area contributed by atoms with Crippen molar-refractivity contribution >= 4 is 5.78 Å². The highest BCUT2D eigenvalue weighted by molar-refractivity contribution is 6.05. The van der Waals surface area contributed by atoms with E-state index in [2.05, 4.69) is 25.5 Å². The summed E-state index contributed by atoms with van der Waals surface area (Å²) in [5, 5.41) is 0. The minimum absolute atomic E-state index is 0.0788. The SMILES string of the molecule is C#C[C@@H]1CC[C@@]2(C)C=CC(=O)C(=C)[C@H]2C1. The number of terminal acetylenes is 1. The van der Waals surface area contributed by atoms with Crippen molar-refractivity contribution in [3.63, 3.8) is 0 Å². The van der Waals surface area contributed by atoms with Crippen molar-refractivity contribution in [3.05, 3.63) is 24.3 Å². The number of hydrogen-bond acceptors (Lipinski definition) is 1. The normalized spacial score (nSPS) is 39.7. The first-order chi connectivity index (χ1) is 7.07. The minimum atomic E-state index is 0.0788. The molecule has 1 saturated carbocycles. The highest BCUT2D eigenvalue weighted by Crippen LogP contribution is 2.49. The van der Waals surface area contributed by atoms with E-state index < -0.39 is 0 Å². The van der Waals surface area contributed by atoms with Crippen LogP contribution in [0.1, 0.15) is 26.2 Å². The minimum Gasteiger partial charge on any atom is -0.290 e. The molecule has 1 nitrogen and oxygen atoms in total. The fourth-order valence-corrected chi connectivity index (χ4v) is 2.77. The molecule has 0 heterocycles. The summed E-state index contributed by atoms with van der Waals surface area (Å²) in [6.07, 6.45) is 12.2. The predicted octanol–water partition coefficient (Wildman–Crippen LogP) is 2.74. The summed E-state index contributed by atoms with van der Waals surface area (Å²) in [5.74, 6) is 3.46. The molecule has 3 atom stereocenters.